The molecule has 1 saturated heterocycles. The molecule has 4 rings (SSSR count). The van der Waals surface area contributed by atoms with Crippen LogP contribution < -0.4 is 15.4 Å². The van der Waals surface area contributed by atoms with E-state index in [1.54, 1.807) is 0 Å². The van der Waals surface area contributed by atoms with Gasteiger partial charge >= 0.3 is 17.1 Å². The second kappa shape index (κ2) is 8.60. The summed E-state index contributed by atoms with van der Waals surface area (Å²) in [6.45, 7) is 4.10. The first-order chi connectivity index (χ1) is 15.6. The second-order valence-electron chi connectivity index (χ2n) is 9.16. The van der Waals surface area contributed by atoms with Crippen molar-refractivity contribution in [3.05, 3.63) is 33.8 Å². The number of amides is 2. The van der Waals surface area contributed by atoms with E-state index in [1.165, 1.54) is 27.8 Å². The smallest absolute Gasteiger partial charge is 0.378 e. The lowest BCUT2D eigenvalue weighted by atomic mass is 10.1. The fourth-order valence-electron chi connectivity index (χ4n) is 3.93. The summed E-state index contributed by atoms with van der Waals surface area (Å²) in [6, 6.07) is 0.0124. The maximum absolute atomic E-state index is 13.4. The first-order valence-corrected chi connectivity index (χ1v) is 11.1. The number of nitrogens with zero attached hydrogens (tertiary/aromatic N) is 3. The quantitative estimate of drug-likeness (QED) is 0.444. The largest absolute Gasteiger partial charge is 0.477 e. The molecule has 0 unspecified atom stereocenters. The van der Waals surface area contributed by atoms with Crippen LogP contribution in [-0.2, 0) is 11.3 Å². The number of hydrogen-bond acceptors (Lipinski definition) is 4. The number of nitrogens with one attached hydrogen (secondary N) is 2. The number of rotatable bonds is 6. The Morgan fingerprint density at radius 2 is 2.00 bits per heavy atom. The molecule has 2 fully saturated rings. The normalized spacial score (nSPS) is 18.4. The van der Waals surface area contributed by atoms with E-state index in [-0.39, 0.29) is 43.5 Å². The van der Waals surface area contributed by atoms with Gasteiger partial charge in [-0.15, -0.1) is 0 Å². The van der Waals surface area contributed by atoms with Crippen LogP contribution in [0.2, 0.25) is 0 Å². The van der Waals surface area contributed by atoms with Gasteiger partial charge < -0.3 is 15.3 Å². The fraction of sp³-hybridized carbons (Fsp3) is 0.545. The number of hydrogen-bond donors (Lipinski definition) is 3. The van der Waals surface area contributed by atoms with Crippen LogP contribution in [0.15, 0.2) is 17.1 Å². The van der Waals surface area contributed by atoms with Gasteiger partial charge in [0.2, 0.25) is 11.5 Å². The lowest BCUT2D eigenvalue weighted by Crippen LogP contribution is -2.46. The zero-order valence-electron chi connectivity index (χ0n) is 18.6. The van der Waals surface area contributed by atoms with Crippen molar-refractivity contribution in [2.75, 3.05) is 13.1 Å². The highest BCUT2D eigenvalue weighted by Crippen LogP contribution is 2.28. The predicted molar refractivity (Wildman–Crippen MR) is 115 cm³/mol. The molecule has 2 aliphatic rings. The number of carbonyl (C=O) groups excluding carboxylic acids is 2. The third-order valence-corrected chi connectivity index (χ3v) is 5.87. The van der Waals surface area contributed by atoms with Crippen molar-refractivity contribution in [3.63, 3.8) is 0 Å². The van der Waals surface area contributed by atoms with Gasteiger partial charge in [0.1, 0.15) is 0 Å². The number of piperidine rings is 1. The SMILES string of the molecule is CC(C)C[n+]1c(O)c(C(=O)NC2CC2)c(=O)n2[nH]cc(/C=C/C(=O)N3CCC(F)(F)CC3)c21. The molecule has 11 heteroatoms. The molecule has 33 heavy (non-hydrogen) atoms. The number of aromatic hydroxyl groups is 1. The van der Waals surface area contributed by atoms with Crippen LogP contribution in [0.3, 0.4) is 0 Å². The summed E-state index contributed by atoms with van der Waals surface area (Å²) in [5.41, 5.74) is -0.316. The van der Waals surface area contributed by atoms with Crippen LogP contribution in [0.5, 0.6) is 5.88 Å². The van der Waals surface area contributed by atoms with Crippen LogP contribution in [0.4, 0.5) is 8.78 Å². The van der Waals surface area contributed by atoms with E-state index in [4.69, 9.17) is 0 Å². The predicted octanol–water partition coefficient (Wildman–Crippen LogP) is 1.44. The number of alkyl halides is 2. The molecule has 1 aliphatic heterocycles. The van der Waals surface area contributed by atoms with Crippen molar-refractivity contribution in [1.82, 2.24) is 19.8 Å². The molecule has 1 aliphatic carbocycles. The second-order valence-corrected chi connectivity index (χ2v) is 9.16. The standard InChI is InChI=1S/C22H27F2N5O4/c1-13(2)12-28-19-14(3-6-16(30)27-9-7-22(23,24)8-10-27)11-25-29(19)21(33)17(20(28)32)18(31)26-15-4-5-15/h3,6,11,13,15H,4-5,7-10,12H2,1-2H3,(H2,26,31,32,33)/p+1/b6-3+. The Balaban J connectivity index is 1.69. The third kappa shape index (κ3) is 4.76. The minimum Gasteiger partial charge on any atom is -0.477 e. The number of fused-ring (bicyclic) bond motifs is 1. The van der Waals surface area contributed by atoms with Crippen molar-refractivity contribution in [3.8, 4) is 5.88 Å². The Hall–Kier alpha value is -3.24. The Labute approximate surface area is 188 Å². The van der Waals surface area contributed by atoms with Gasteiger partial charge in [-0.2, -0.15) is 4.57 Å². The van der Waals surface area contributed by atoms with Gasteiger partial charge in [0, 0.05) is 38.0 Å². The maximum Gasteiger partial charge on any atom is 0.378 e. The summed E-state index contributed by atoms with van der Waals surface area (Å²) in [4.78, 5) is 39.5. The van der Waals surface area contributed by atoms with Crippen LogP contribution in [0.25, 0.3) is 11.7 Å². The van der Waals surface area contributed by atoms with Crippen molar-refractivity contribution in [2.45, 2.75) is 58.0 Å². The number of halogens is 2. The zero-order valence-corrected chi connectivity index (χ0v) is 18.6. The fourth-order valence-corrected chi connectivity index (χ4v) is 3.93. The van der Waals surface area contributed by atoms with E-state index >= 15 is 0 Å². The molecule has 3 heterocycles. The number of aromatic amines is 1. The Bertz CT molecular complexity index is 1170. The van der Waals surface area contributed by atoms with Crippen molar-refractivity contribution in [2.24, 2.45) is 5.92 Å². The van der Waals surface area contributed by atoms with Crippen molar-refractivity contribution < 1.29 is 28.0 Å². The molecule has 2 amide bonds. The van der Waals surface area contributed by atoms with E-state index in [1.807, 2.05) is 13.8 Å². The van der Waals surface area contributed by atoms with E-state index in [9.17, 15) is 28.3 Å². The van der Waals surface area contributed by atoms with Gasteiger partial charge in [-0.05, 0) is 24.8 Å². The Morgan fingerprint density at radius 3 is 2.61 bits per heavy atom. The third-order valence-electron chi connectivity index (χ3n) is 5.87. The lowest BCUT2D eigenvalue weighted by molar-refractivity contribution is -0.686. The van der Waals surface area contributed by atoms with Crippen LogP contribution in [0, 0.1) is 5.92 Å². The summed E-state index contributed by atoms with van der Waals surface area (Å²) in [5, 5.41) is 16.4. The number of H-pyrrole nitrogens is 1. The summed E-state index contributed by atoms with van der Waals surface area (Å²) in [7, 11) is 0. The van der Waals surface area contributed by atoms with Gasteiger partial charge in [0.15, 0.2) is 0 Å². The first-order valence-electron chi connectivity index (χ1n) is 11.1. The molecule has 0 radical (unpaired) electrons. The number of carbonyl (C=O) groups is 2. The molecule has 178 valence electrons. The molecule has 2 aromatic heterocycles. The van der Waals surface area contributed by atoms with E-state index in [2.05, 4.69) is 10.4 Å². The van der Waals surface area contributed by atoms with Gasteiger partial charge in [-0.3, -0.25) is 9.59 Å². The average Bonchev–Trinajstić information content (AvgIpc) is 3.44. The molecule has 0 spiro atoms. The van der Waals surface area contributed by atoms with Crippen LogP contribution in [-0.4, -0.2) is 56.5 Å². The molecular weight excluding hydrogens is 436 g/mol. The first kappa shape index (κ1) is 22.9. The van der Waals surface area contributed by atoms with E-state index < -0.39 is 29.2 Å². The number of likely N-dealkylation sites (tertiary alicyclic amines) is 1. The van der Waals surface area contributed by atoms with Crippen molar-refractivity contribution >= 4 is 23.5 Å². The van der Waals surface area contributed by atoms with Crippen LogP contribution in [0.1, 0.15) is 55.5 Å². The monoisotopic (exact) mass is 464 g/mol. The molecule has 0 aromatic carbocycles. The molecule has 2 aromatic rings. The molecule has 9 nitrogen and oxygen atoms in total. The summed E-state index contributed by atoms with van der Waals surface area (Å²) in [5.74, 6) is -4.15. The Kier molecular flexibility index (Phi) is 5.98. The molecular formula is C22H28F2N5O4+. The highest BCUT2D eigenvalue weighted by atomic mass is 19.3. The van der Waals surface area contributed by atoms with E-state index in [0.29, 0.717) is 17.8 Å². The summed E-state index contributed by atoms with van der Waals surface area (Å²) < 4.78 is 29.4. The van der Waals surface area contributed by atoms with Gasteiger partial charge in [0.25, 0.3) is 11.8 Å². The molecule has 1 saturated carbocycles. The lowest BCUT2D eigenvalue weighted by Gasteiger charge is -2.30. The van der Waals surface area contributed by atoms with Gasteiger partial charge in [0.05, 0.1) is 18.3 Å². The maximum atomic E-state index is 13.4. The summed E-state index contributed by atoms with van der Waals surface area (Å²) in [6.07, 6.45) is 5.16. The van der Waals surface area contributed by atoms with Gasteiger partial charge in [-0.1, -0.05) is 18.4 Å². The zero-order chi connectivity index (χ0) is 23.9. The van der Waals surface area contributed by atoms with Crippen molar-refractivity contribution in [1.29, 1.82) is 0 Å². The molecule has 0 atom stereocenters. The minimum atomic E-state index is -2.75. The Morgan fingerprint density at radius 1 is 1.33 bits per heavy atom. The molecule has 0 bridgehead atoms. The molecule has 3 N–H and O–H groups in total. The average molecular weight is 464 g/mol. The minimum absolute atomic E-state index is 0.0124. The highest BCUT2D eigenvalue weighted by molar-refractivity contribution is 5.96. The van der Waals surface area contributed by atoms with Gasteiger partial charge in [-0.25, -0.2) is 18.7 Å². The summed E-state index contributed by atoms with van der Waals surface area (Å²) >= 11 is 0. The highest BCUT2D eigenvalue weighted by Gasteiger charge is 2.36. The number of aromatic nitrogens is 3. The topological polar surface area (TPSA) is 111 Å². The van der Waals surface area contributed by atoms with Crippen LogP contribution >= 0.6 is 0 Å². The van der Waals surface area contributed by atoms with E-state index in [0.717, 1.165) is 17.4 Å².